The van der Waals surface area contributed by atoms with Crippen LogP contribution in [0.15, 0.2) is 53.5 Å². The number of aromatic hydroxyl groups is 1. The second-order valence-electron chi connectivity index (χ2n) is 5.51. The van der Waals surface area contributed by atoms with Gasteiger partial charge in [-0.15, -0.1) is 0 Å². The fraction of sp³-hybridized carbons (Fsp3) is 0.200. The molecular formula is C20H20N2O3. The molecule has 1 heterocycles. The van der Waals surface area contributed by atoms with Crippen molar-refractivity contribution in [3.05, 3.63) is 70.0 Å². The van der Waals surface area contributed by atoms with Crippen molar-refractivity contribution in [3.63, 3.8) is 0 Å². The number of nitrogens with one attached hydrogen (secondary N) is 2. The van der Waals surface area contributed by atoms with E-state index < -0.39 is 48.6 Å². The van der Waals surface area contributed by atoms with E-state index in [0.717, 1.165) is 18.2 Å². The third kappa shape index (κ3) is 3.26. The Morgan fingerprint density at radius 1 is 1.20 bits per heavy atom. The summed E-state index contributed by atoms with van der Waals surface area (Å²) in [6.45, 7) is -10.7. The quantitative estimate of drug-likeness (QED) is 0.661. The first kappa shape index (κ1) is 8.85. The lowest BCUT2D eigenvalue weighted by molar-refractivity contribution is 0.102. The van der Waals surface area contributed by atoms with Gasteiger partial charge in [-0.1, -0.05) is 38.8 Å². The molecule has 0 radical (unpaired) electrons. The second-order valence-corrected chi connectivity index (χ2v) is 5.51. The van der Waals surface area contributed by atoms with E-state index in [-0.39, 0.29) is 16.6 Å². The maximum atomic E-state index is 12.7. The number of amides is 1. The van der Waals surface area contributed by atoms with Crippen LogP contribution in [0.5, 0.6) is 5.75 Å². The summed E-state index contributed by atoms with van der Waals surface area (Å²) in [5.74, 6) is -1.80. The van der Waals surface area contributed by atoms with E-state index in [4.69, 9.17) is 12.3 Å². The van der Waals surface area contributed by atoms with Gasteiger partial charge in [0.25, 0.3) is 5.91 Å². The highest BCUT2D eigenvalue weighted by Gasteiger charge is 2.19. The lowest BCUT2D eigenvalue weighted by atomic mass is 9.86. The Morgan fingerprint density at radius 3 is 2.68 bits per heavy atom. The van der Waals surface area contributed by atoms with Crippen LogP contribution < -0.4 is 10.7 Å². The molecule has 25 heavy (non-hydrogen) atoms. The third-order valence-electron chi connectivity index (χ3n) is 3.69. The van der Waals surface area contributed by atoms with Gasteiger partial charge in [0.05, 0.1) is 0 Å². The van der Waals surface area contributed by atoms with Gasteiger partial charge >= 0.3 is 0 Å². The number of hydrogen-bond donors (Lipinski definition) is 3. The number of anilines is 1. The summed E-state index contributed by atoms with van der Waals surface area (Å²) in [4.78, 5) is 28.1. The van der Waals surface area contributed by atoms with Crippen LogP contribution in [0.3, 0.4) is 0 Å². The maximum absolute atomic E-state index is 12.7. The Labute approximate surface area is 158 Å². The molecular weight excluding hydrogens is 316 g/mol. The zero-order chi connectivity index (χ0) is 25.7. The highest BCUT2D eigenvalue weighted by molar-refractivity contribution is 6.05. The van der Waals surface area contributed by atoms with Crippen LogP contribution in [0.4, 0.5) is 5.69 Å². The van der Waals surface area contributed by atoms with Crippen molar-refractivity contribution in [2.75, 3.05) is 5.32 Å². The Morgan fingerprint density at radius 2 is 1.96 bits per heavy atom. The number of phenolic OH excluding ortho intramolecular Hbond substituents is 1. The Hall–Kier alpha value is -3.08. The number of pyridine rings is 1. The van der Waals surface area contributed by atoms with Gasteiger partial charge in [-0.05, 0) is 29.2 Å². The molecule has 5 heteroatoms. The number of benzene rings is 2. The average Bonchev–Trinajstić information content (AvgIpc) is 2.67. The zero-order valence-corrected chi connectivity index (χ0v) is 12.9. The number of aromatic amines is 1. The molecule has 0 saturated heterocycles. The molecule has 3 rings (SSSR count). The Bertz CT molecular complexity index is 1270. The number of rotatable bonds is 2. The van der Waals surface area contributed by atoms with Crippen LogP contribution in [-0.4, -0.2) is 16.0 Å². The molecule has 0 fully saturated rings. The number of H-pyrrole nitrogens is 1. The Kier molecular flexibility index (Phi) is 2.16. The molecule has 2 aromatic carbocycles. The molecule has 0 atom stereocenters. The number of para-hydroxylation sites is 1. The molecule has 5 nitrogen and oxygen atoms in total. The highest BCUT2D eigenvalue weighted by Crippen LogP contribution is 2.32. The first-order valence-corrected chi connectivity index (χ1v) is 7.27. The minimum absolute atomic E-state index is 0.116. The van der Waals surface area contributed by atoms with Crippen LogP contribution in [0.1, 0.15) is 48.8 Å². The summed E-state index contributed by atoms with van der Waals surface area (Å²) in [5.41, 5.74) is -4.64. The van der Waals surface area contributed by atoms with E-state index in [1.807, 2.05) is 0 Å². The maximum Gasteiger partial charge on any atom is 0.261 e. The number of aromatic nitrogens is 1. The van der Waals surface area contributed by atoms with Crippen LogP contribution in [0, 0.1) is 0 Å². The van der Waals surface area contributed by atoms with Crippen molar-refractivity contribution in [1.82, 2.24) is 4.98 Å². The predicted molar refractivity (Wildman–Crippen MR) is 99.3 cm³/mol. The summed E-state index contributed by atoms with van der Waals surface area (Å²) in [7, 11) is 0. The van der Waals surface area contributed by atoms with Gasteiger partial charge < -0.3 is 15.4 Å². The molecule has 0 unspecified atom stereocenters. The van der Waals surface area contributed by atoms with Gasteiger partial charge in [-0.2, -0.15) is 0 Å². The second kappa shape index (κ2) is 6.09. The van der Waals surface area contributed by atoms with Crippen molar-refractivity contribution in [2.45, 2.75) is 26.0 Å². The summed E-state index contributed by atoms with van der Waals surface area (Å²) in [6.07, 6.45) is 1.21. The van der Waals surface area contributed by atoms with Gasteiger partial charge in [-0.25, -0.2) is 0 Å². The molecule has 0 spiro atoms. The van der Waals surface area contributed by atoms with E-state index >= 15 is 0 Å². The SMILES string of the molecule is [2H]C([2H])([2H])C(c1ccc(NC(=O)c2c[nH]c3ccccc3c2=O)cc1O)(C([2H])([2H])[2H])C([2H])([2H])[2H]. The van der Waals surface area contributed by atoms with Gasteiger partial charge in [0.1, 0.15) is 11.3 Å². The van der Waals surface area contributed by atoms with Gasteiger partial charge in [0.2, 0.25) is 5.43 Å². The van der Waals surface area contributed by atoms with Crippen molar-refractivity contribution in [3.8, 4) is 5.75 Å². The van der Waals surface area contributed by atoms with E-state index in [1.54, 1.807) is 18.2 Å². The number of fused-ring (bicyclic) bond motifs is 1. The number of carbonyl (C=O) groups is 1. The molecule has 0 aliphatic heterocycles. The minimum Gasteiger partial charge on any atom is -0.508 e. The van der Waals surface area contributed by atoms with Crippen molar-refractivity contribution in [2.24, 2.45) is 0 Å². The number of carbonyl (C=O) groups excluding carboxylic acids is 1. The van der Waals surface area contributed by atoms with Crippen molar-refractivity contribution in [1.29, 1.82) is 0 Å². The zero-order valence-electron chi connectivity index (χ0n) is 21.9. The van der Waals surface area contributed by atoms with Crippen LogP contribution in [-0.2, 0) is 5.41 Å². The molecule has 0 bridgehead atoms. The van der Waals surface area contributed by atoms with Crippen LogP contribution in [0.2, 0.25) is 0 Å². The number of phenols is 1. The predicted octanol–water partition coefficient (Wildman–Crippen LogP) is 3.78. The topological polar surface area (TPSA) is 82.2 Å². The minimum atomic E-state index is -3.55. The van der Waals surface area contributed by atoms with Gasteiger partial charge in [0.15, 0.2) is 0 Å². The molecule has 3 aromatic rings. The summed E-state index contributed by atoms with van der Waals surface area (Å²) in [6, 6.07) is 9.25. The standard InChI is InChI=1S/C20H20N2O3/c1-20(2,3)15-9-8-12(10-17(15)23)22-19(25)14-11-21-16-7-5-4-6-13(16)18(14)24/h4-11,23H,1-3H3,(H,21,24)(H,22,25)/i1D3,2D3,3D3. The average molecular weight is 345 g/mol. The molecule has 128 valence electrons. The molecule has 1 amide bonds. The summed E-state index contributed by atoms with van der Waals surface area (Å²) >= 11 is 0. The van der Waals surface area contributed by atoms with Gasteiger partial charge in [-0.3, -0.25) is 9.59 Å². The third-order valence-corrected chi connectivity index (χ3v) is 3.69. The fourth-order valence-corrected chi connectivity index (χ4v) is 2.46. The molecule has 3 N–H and O–H groups in total. The van der Waals surface area contributed by atoms with E-state index in [9.17, 15) is 14.7 Å². The number of hydrogen-bond acceptors (Lipinski definition) is 3. The van der Waals surface area contributed by atoms with Crippen LogP contribution in [0.25, 0.3) is 10.9 Å². The first-order valence-electron chi connectivity index (χ1n) is 11.8. The van der Waals surface area contributed by atoms with Crippen LogP contribution >= 0.6 is 0 Å². The lowest BCUT2D eigenvalue weighted by Crippen LogP contribution is -2.22. The normalized spacial score (nSPS) is 18.3. The monoisotopic (exact) mass is 345 g/mol. The lowest BCUT2D eigenvalue weighted by Gasteiger charge is -2.20. The first-order chi connectivity index (χ1) is 15.5. The smallest absolute Gasteiger partial charge is 0.261 e. The van der Waals surface area contributed by atoms with E-state index in [1.165, 1.54) is 12.3 Å². The fourth-order valence-electron chi connectivity index (χ4n) is 2.46. The molecule has 0 saturated carbocycles. The van der Waals surface area contributed by atoms with E-state index in [2.05, 4.69) is 10.3 Å². The molecule has 0 aliphatic carbocycles. The van der Waals surface area contributed by atoms with Crippen molar-refractivity contribution < 1.29 is 22.2 Å². The molecule has 0 aliphatic rings. The summed E-state index contributed by atoms with van der Waals surface area (Å²) in [5, 5.41) is 13.2. The summed E-state index contributed by atoms with van der Waals surface area (Å²) < 4.78 is 69.7. The highest BCUT2D eigenvalue weighted by atomic mass is 16.3. The largest absolute Gasteiger partial charge is 0.508 e. The Balaban J connectivity index is 2.06. The van der Waals surface area contributed by atoms with Gasteiger partial charge in [0, 0.05) is 41.2 Å². The molecule has 1 aromatic heterocycles. The van der Waals surface area contributed by atoms with E-state index in [0.29, 0.717) is 5.52 Å². The van der Waals surface area contributed by atoms with Crippen molar-refractivity contribution >= 4 is 22.5 Å².